The maximum Gasteiger partial charge on any atom is 0.129 e. The molecule has 2 atom stereocenters. The Labute approximate surface area is 161 Å². The van der Waals surface area contributed by atoms with Crippen molar-refractivity contribution in [2.75, 3.05) is 38.2 Å². The van der Waals surface area contributed by atoms with Crippen LogP contribution in [0, 0.1) is 6.92 Å². The van der Waals surface area contributed by atoms with E-state index in [2.05, 4.69) is 53.1 Å². The summed E-state index contributed by atoms with van der Waals surface area (Å²) < 4.78 is 5.35. The molecule has 0 amide bonds. The number of benzene rings is 2. The maximum absolute atomic E-state index is 12.0. The third-order valence-corrected chi connectivity index (χ3v) is 6.22. The summed E-state index contributed by atoms with van der Waals surface area (Å²) in [4.78, 5) is 17.0. The van der Waals surface area contributed by atoms with E-state index in [1.54, 1.807) is 7.11 Å². The largest absolute Gasteiger partial charge is 0.497 e. The van der Waals surface area contributed by atoms with E-state index in [0.29, 0.717) is 6.04 Å². The van der Waals surface area contributed by atoms with E-state index < -0.39 is 0 Å². The zero-order chi connectivity index (χ0) is 18.8. The Morgan fingerprint density at radius 1 is 1.07 bits per heavy atom. The first kappa shape index (κ1) is 18.1. The number of nitrogens with zero attached hydrogens (tertiary/aromatic N) is 2. The molecule has 1 heterocycles. The Morgan fingerprint density at radius 3 is 2.56 bits per heavy atom. The summed E-state index contributed by atoms with van der Waals surface area (Å²) in [6.45, 7) is 6.23. The van der Waals surface area contributed by atoms with Gasteiger partial charge in [0.15, 0.2) is 0 Å². The quantitative estimate of drug-likeness (QED) is 0.778. The van der Waals surface area contributed by atoms with Gasteiger partial charge in [-0.1, -0.05) is 24.3 Å². The lowest BCUT2D eigenvalue weighted by Crippen LogP contribution is -2.53. The molecular formula is C23H28N2O2. The Morgan fingerprint density at radius 2 is 1.85 bits per heavy atom. The number of hydrogen-bond acceptors (Lipinski definition) is 4. The minimum Gasteiger partial charge on any atom is -0.497 e. The number of aldehydes is 1. The predicted octanol–water partition coefficient (Wildman–Crippen LogP) is 3.42. The average molecular weight is 364 g/mol. The van der Waals surface area contributed by atoms with Crippen molar-refractivity contribution in [2.24, 2.45) is 0 Å². The molecule has 4 rings (SSSR count). The van der Waals surface area contributed by atoms with E-state index in [-0.39, 0.29) is 5.92 Å². The number of ether oxygens (including phenoxy) is 1. The second-order valence-corrected chi connectivity index (χ2v) is 7.64. The van der Waals surface area contributed by atoms with Gasteiger partial charge in [0.05, 0.1) is 13.0 Å². The van der Waals surface area contributed by atoms with Gasteiger partial charge in [-0.25, -0.2) is 0 Å². The normalized spacial score (nSPS) is 23.0. The van der Waals surface area contributed by atoms with Crippen LogP contribution < -0.4 is 9.64 Å². The number of anilines is 1. The van der Waals surface area contributed by atoms with Gasteiger partial charge in [0.1, 0.15) is 12.0 Å². The molecule has 0 spiro atoms. The number of para-hydroxylation sites is 1. The van der Waals surface area contributed by atoms with Crippen LogP contribution in [-0.2, 0) is 11.2 Å². The molecule has 0 N–H and O–H groups in total. The molecule has 142 valence electrons. The Balaban J connectivity index is 1.48. The van der Waals surface area contributed by atoms with Gasteiger partial charge in [-0.15, -0.1) is 0 Å². The van der Waals surface area contributed by atoms with E-state index >= 15 is 0 Å². The van der Waals surface area contributed by atoms with Crippen LogP contribution in [0.25, 0.3) is 0 Å². The van der Waals surface area contributed by atoms with E-state index in [9.17, 15) is 4.79 Å². The molecule has 27 heavy (non-hydrogen) atoms. The van der Waals surface area contributed by atoms with Gasteiger partial charge in [0.25, 0.3) is 0 Å². The van der Waals surface area contributed by atoms with Crippen molar-refractivity contribution >= 4 is 12.0 Å². The molecule has 1 aliphatic heterocycles. The van der Waals surface area contributed by atoms with Gasteiger partial charge < -0.3 is 14.4 Å². The fourth-order valence-corrected chi connectivity index (χ4v) is 4.73. The molecular weight excluding hydrogens is 336 g/mol. The standard InChI is InChI=1S/C23H28N2O2/c1-17-5-3-4-6-22(17)24-11-13-25(14-12-24)23-10-7-18-15-19(27-2)8-9-20(18)21(23)16-26/h3-6,8-9,15-16,21,23H,7,10-14H2,1-2H3. The van der Waals surface area contributed by atoms with E-state index in [4.69, 9.17) is 4.74 Å². The van der Waals surface area contributed by atoms with Crippen molar-refractivity contribution in [3.8, 4) is 5.75 Å². The second kappa shape index (κ2) is 7.73. The first-order valence-electron chi connectivity index (χ1n) is 9.88. The topological polar surface area (TPSA) is 32.8 Å². The highest BCUT2D eigenvalue weighted by Crippen LogP contribution is 2.36. The monoisotopic (exact) mass is 364 g/mol. The molecule has 1 saturated heterocycles. The molecule has 0 aromatic heterocycles. The molecule has 0 bridgehead atoms. The minimum atomic E-state index is -0.0373. The second-order valence-electron chi connectivity index (χ2n) is 7.64. The van der Waals surface area contributed by atoms with Gasteiger partial charge in [0, 0.05) is 37.9 Å². The van der Waals surface area contributed by atoms with E-state index in [0.717, 1.165) is 51.1 Å². The lowest BCUT2D eigenvalue weighted by atomic mass is 9.79. The molecule has 2 aliphatic rings. The molecule has 2 aromatic rings. The first-order valence-corrected chi connectivity index (χ1v) is 9.88. The zero-order valence-electron chi connectivity index (χ0n) is 16.2. The fourth-order valence-electron chi connectivity index (χ4n) is 4.73. The highest BCUT2D eigenvalue weighted by molar-refractivity contribution is 5.66. The van der Waals surface area contributed by atoms with Crippen LogP contribution in [0.15, 0.2) is 42.5 Å². The zero-order valence-corrected chi connectivity index (χ0v) is 16.2. The highest BCUT2D eigenvalue weighted by atomic mass is 16.5. The summed E-state index contributed by atoms with van der Waals surface area (Å²) in [7, 11) is 1.69. The molecule has 2 unspecified atom stereocenters. The third-order valence-electron chi connectivity index (χ3n) is 6.22. The van der Waals surface area contributed by atoms with Crippen molar-refractivity contribution in [1.29, 1.82) is 0 Å². The number of aryl methyl sites for hydroxylation is 2. The lowest BCUT2D eigenvalue weighted by molar-refractivity contribution is -0.110. The molecule has 4 heteroatoms. The van der Waals surface area contributed by atoms with Gasteiger partial charge in [-0.05, 0) is 54.7 Å². The molecule has 1 fully saturated rings. The first-order chi connectivity index (χ1) is 13.2. The molecule has 0 saturated carbocycles. The van der Waals surface area contributed by atoms with Crippen LogP contribution >= 0.6 is 0 Å². The van der Waals surface area contributed by atoms with Gasteiger partial charge in [0.2, 0.25) is 0 Å². The number of methoxy groups -OCH3 is 1. The van der Waals surface area contributed by atoms with Crippen LogP contribution in [0.4, 0.5) is 5.69 Å². The van der Waals surface area contributed by atoms with Gasteiger partial charge >= 0.3 is 0 Å². The summed E-state index contributed by atoms with van der Waals surface area (Å²) in [6, 6.07) is 15.1. The molecule has 2 aromatic carbocycles. The van der Waals surface area contributed by atoms with Crippen LogP contribution in [-0.4, -0.2) is 50.5 Å². The number of carbonyl (C=O) groups is 1. The Hall–Kier alpha value is -2.33. The number of piperazine rings is 1. The summed E-state index contributed by atoms with van der Waals surface area (Å²) >= 11 is 0. The number of rotatable bonds is 4. The maximum atomic E-state index is 12.0. The van der Waals surface area contributed by atoms with Crippen LogP contribution in [0.3, 0.4) is 0 Å². The van der Waals surface area contributed by atoms with Gasteiger partial charge in [-0.3, -0.25) is 4.90 Å². The average Bonchev–Trinajstić information content (AvgIpc) is 2.73. The SMILES string of the molecule is COc1ccc2c(c1)CCC(N1CCN(c3ccccc3C)CC1)C2C=O. The van der Waals surface area contributed by atoms with Crippen molar-refractivity contribution in [1.82, 2.24) is 4.90 Å². The fraction of sp³-hybridized carbons (Fsp3) is 0.435. The van der Waals surface area contributed by atoms with Crippen LogP contribution in [0.1, 0.15) is 29.0 Å². The summed E-state index contributed by atoms with van der Waals surface area (Å²) in [6.07, 6.45) is 3.20. The van der Waals surface area contributed by atoms with E-state index in [1.807, 2.05) is 6.07 Å². The van der Waals surface area contributed by atoms with Crippen molar-refractivity contribution in [3.05, 3.63) is 59.2 Å². The third kappa shape index (κ3) is 3.46. The smallest absolute Gasteiger partial charge is 0.129 e. The highest BCUT2D eigenvalue weighted by Gasteiger charge is 2.35. The predicted molar refractivity (Wildman–Crippen MR) is 109 cm³/mol. The molecule has 0 radical (unpaired) electrons. The summed E-state index contributed by atoms with van der Waals surface area (Å²) in [5, 5.41) is 0. The molecule has 1 aliphatic carbocycles. The molecule has 4 nitrogen and oxygen atoms in total. The van der Waals surface area contributed by atoms with Crippen molar-refractivity contribution < 1.29 is 9.53 Å². The minimum absolute atomic E-state index is 0.0373. The summed E-state index contributed by atoms with van der Waals surface area (Å²) in [5.41, 5.74) is 5.12. The van der Waals surface area contributed by atoms with Crippen molar-refractivity contribution in [3.63, 3.8) is 0 Å². The van der Waals surface area contributed by atoms with Gasteiger partial charge in [-0.2, -0.15) is 0 Å². The van der Waals surface area contributed by atoms with Crippen LogP contribution in [0.5, 0.6) is 5.75 Å². The number of carbonyl (C=O) groups excluding carboxylic acids is 1. The Kier molecular flexibility index (Phi) is 5.17. The Bertz CT molecular complexity index is 812. The van der Waals surface area contributed by atoms with E-state index in [1.165, 1.54) is 22.4 Å². The summed E-state index contributed by atoms with van der Waals surface area (Å²) in [5.74, 6) is 0.841. The van der Waals surface area contributed by atoms with Crippen molar-refractivity contribution in [2.45, 2.75) is 31.7 Å². The number of fused-ring (bicyclic) bond motifs is 1. The number of hydrogen-bond donors (Lipinski definition) is 0. The van der Waals surface area contributed by atoms with Crippen LogP contribution in [0.2, 0.25) is 0 Å². The lowest BCUT2D eigenvalue weighted by Gasteiger charge is -2.44.